The molecule has 0 fully saturated rings. The molecular formula is C33H36N6O4S. The summed E-state index contributed by atoms with van der Waals surface area (Å²) < 4.78 is 1.13. The molecule has 2 aliphatic heterocycles. The van der Waals surface area contributed by atoms with E-state index in [1.165, 1.54) is 6.33 Å². The number of aromatic amines is 1. The summed E-state index contributed by atoms with van der Waals surface area (Å²) in [5.74, 6) is -0.997. The van der Waals surface area contributed by atoms with Crippen LogP contribution in [0, 0.1) is 11.8 Å². The molecule has 2 aliphatic rings. The minimum atomic E-state index is -0.812. The zero-order valence-electron chi connectivity index (χ0n) is 24.8. The molecule has 0 saturated heterocycles. The number of thiophene rings is 1. The van der Waals surface area contributed by atoms with Gasteiger partial charge in [0, 0.05) is 29.9 Å². The highest BCUT2D eigenvalue weighted by atomic mass is 32.1. The van der Waals surface area contributed by atoms with Gasteiger partial charge in [-0.2, -0.15) is 5.10 Å². The standard InChI is InChI=1S/C33H36N6O4S/c1-3-19(2)25(15-23(40)13-22-17-44-28-10-5-4-9-24(22)28)31(41)37-26-12-11-20-7-6-8-21-14-27(39(30(20)21)33(26)43)32(42)34-16-29-35-18-36-38-29/h4-10,17-19,25-27H,3,11-16H2,1-2H3,(H,34,42)(H,37,41)(H,35,36,38)/t19-,25-,26-,27-/m0/s1. The maximum atomic E-state index is 14.1. The predicted octanol–water partition coefficient (Wildman–Crippen LogP) is 3.89. The van der Waals surface area contributed by atoms with E-state index in [1.54, 1.807) is 16.2 Å². The van der Waals surface area contributed by atoms with Gasteiger partial charge in [0.15, 0.2) is 0 Å². The minimum absolute atomic E-state index is 0.00118. The van der Waals surface area contributed by atoms with Crippen molar-refractivity contribution < 1.29 is 19.2 Å². The van der Waals surface area contributed by atoms with Crippen molar-refractivity contribution in [2.24, 2.45) is 11.8 Å². The average molecular weight is 613 g/mol. The molecule has 2 aromatic heterocycles. The van der Waals surface area contributed by atoms with E-state index in [0.717, 1.165) is 38.9 Å². The second-order valence-electron chi connectivity index (χ2n) is 11.8. The van der Waals surface area contributed by atoms with Gasteiger partial charge >= 0.3 is 0 Å². The monoisotopic (exact) mass is 612 g/mol. The molecule has 11 heteroatoms. The second kappa shape index (κ2) is 12.7. The van der Waals surface area contributed by atoms with Crippen molar-refractivity contribution in [3.8, 4) is 0 Å². The van der Waals surface area contributed by atoms with Crippen molar-refractivity contribution >= 4 is 50.6 Å². The third-order valence-corrected chi connectivity index (χ3v) is 10.00. The number of nitrogens with one attached hydrogen (secondary N) is 3. The van der Waals surface area contributed by atoms with Gasteiger partial charge in [-0.3, -0.25) is 29.2 Å². The highest BCUT2D eigenvalue weighted by Gasteiger charge is 2.44. The Bertz CT molecular complexity index is 1700. The molecular weight excluding hydrogens is 576 g/mol. The van der Waals surface area contributed by atoms with Crippen LogP contribution in [-0.4, -0.2) is 50.8 Å². The van der Waals surface area contributed by atoms with Crippen molar-refractivity contribution in [1.29, 1.82) is 0 Å². The van der Waals surface area contributed by atoms with Gasteiger partial charge in [-0.25, -0.2) is 4.98 Å². The SMILES string of the molecule is CC[C@H](C)[C@H](CC(=O)Cc1csc2ccccc12)C(=O)N[C@H]1CCc2cccc3c2N(C1=O)[C@H](C(=O)NCc1ncn[nH]1)C3. The Morgan fingerprint density at radius 1 is 1.14 bits per heavy atom. The predicted molar refractivity (Wildman–Crippen MR) is 168 cm³/mol. The van der Waals surface area contributed by atoms with Crippen molar-refractivity contribution in [2.45, 2.75) is 71.0 Å². The number of nitrogens with zero attached hydrogens (tertiary/aromatic N) is 3. The molecule has 0 bridgehead atoms. The molecule has 2 aromatic carbocycles. The van der Waals surface area contributed by atoms with Gasteiger partial charge in [0.25, 0.3) is 0 Å². The van der Waals surface area contributed by atoms with Crippen molar-refractivity contribution in [2.75, 3.05) is 4.90 Å². The van der Waals surface area contributed by atoms with Gasteiger partial charge in [0.05, 0.1) is 12.2 Å². The smallest absolute Gasteiger partial charge is 0.250 e. The number of hydrogen-bond donors (Lipinski definition) is 3. The molecule has 3 N–H and O–H groups in total. The Morgan fingerprint density at radius 2 is 1.95 bits per heavy atom. The Labute approximate surface area is 259 Å². The fourth-order valence-electron chi connectivity index (χ4n) is 6.39. The molecule has 228 valence electrons. The number of carbonyl (C=O) groups excluding carboxylic acids is 4. The van der Waals surface area contributed by atoms with Gasteiger partial charge < -0.3 is 10.6 Å². The summed E-state index contributed by atoms with van der Waals surface area (Å²) in [7, 11) is 0. The first kappa shape index (κ1) is 29.7. The summed E-state index contributed by atoms with van der Waals surface area (Å²) >= 11 is 1.61. The van der Waals surface area contributed by atoms with E-state index in [9.17, 15) is 19.2 Å². The number of anilines is 1. The van der Waals surface area contributed by atoms with Crippen LogP contribution in [0.25, 0.3) is 10.1 Å². The van der Waals surface area contributed by atoms with Gasteiger partial charge in [-0.15, -0.1) is 11.3 Å². The van der Waals surface area contributed by atoms with Crippen molar-refractivity contribution in [3.63, 3.8) is 0 Å². The van der Waals surface area contributed by atoms with Crippen LogP contribution in [-0.2, 0) is 45.0 Å². The molecule has 0 saturated carbocycles. The Balaban J connectivity index is 1.18. The number of aryl methyl sites for hydroxylation is 1. The quantitative estimate of drug-likeness (QED) is 0.235. The normalized spacial score (nSPS) is 18.9. The molecule has 0 radical (unpaired) electrons. The first-order chi connectivity index (χ1) is 21.3. The number of fused-ring (bicyclic) bond motifs is 1. The minimum Gasteiger partial charge on any atom is -0.347 e. The van der Waals surface area contributed by atoms with Gasteiger partial charge in [0.2, 0.25) is 17.7 Å². The number of carbonyl (C=O) groups is 4. The largest absolute Gasteiger partial charge is 0.347 e. The Morgan fingerprint density at radius 3 is 2.75 bits per heavy atom. The van der Waals surface area contributed by atoms with E-state index >= 15 is 0 Å². The topological polar surface area (TPSA) is 137 Å². The van der Waals surface area contributed by atoms with Gasteiger partial charge in [-0.05, 0) is 52.3 Å². The lowest BCUT2D eigenvalue weighted by molar-refractivity contribution is -0.134. The number of hydrogen-bond acceptors (Lipinski definition) is 7. The molecule has 0 aliphatic carbocycles. The molecule has 0 unspecified atom stereocenters. The maximum absolute atomic E-state index is 14.1. The number of Topliss-reactive ketones (excluding diaryl/α,β-unsaturated/α-hetero) is 1. The number of para-hydroxylation sites is 1. The molecule has 0 spiro atoms. The fourth-order valence-corrected chi connectivity index (χ4v) is 7.36. The Hall–Kier alpha value is -4.38. The summed E-state index contributed by atoms with van der Waals surface area (Å²) in [6.45, 7) is 4.14. The van der Waals surface area contributed by atoms with E-state index in [1.807, 2.05) is 61.7 Å². The van der Waals surface area contributed by atoms with E-state index in [2.05, 4.69) is 25.8 Å². The molecule has 4 heterocycles. The fraction of sp³-hybridized carbons (Fsp3) is 0.394. The number of ketones is 1. The average Bonchev–Trinajstić information content (AvgIpc) is 3.77. The summed E-state index contributed by atoms with van der Waals surface area (Å²) in [5, 5.41) is 15.5. The number of H-pyrrole nitrogens is 1. The molecule has 10 nitrogen and oxygen atoms in total. The van der Waals surface area contributed by atoms with E-state index in [4.69, 9.17) is 0 Å². The van der Waals surface area contributed by atoms with E-state index in [0.29, 0.717) is 25.1 Å². The first-order valence-corrected chi connectivity index (χ1v) is 16.0. The van der Waals surface area contributed by atoms with Crippen LogP contribution in [0.15, 0.2) is 54.2 Å². The van der Waals surface area contributed by atoms with E-state index < -0.39 is 18.0 Å². The van der Waals surface area contributed by atoms with Crippen LogP contribution in [0.2, 0.25) is 0 Å². The van der Waals surface area contributed by atoms with Gasteiger partial charge in [-0.1, -0.05) is 56.7 Å². The second-order valence-corrected chi connectivity index (χ2v) is 12.7. The zero-order valence-corrected chi connectivity index (χ0v) is 25.7. The highest BCUT2D eigenvalue weighted by molar-refractivity contribution is 7.17. The molecule has 3 amide bonds. The van der Waals surface area contributed by atoms with E-state index in [-0.39, 0.29) is 48.8 Å². The zero-order chi connectivity index (χ0) is 30.8. The van der Waals surface area contributed by atoms with Crippen molar-refractivity contribution in [3.05, 3.63) is 76.7 Å². The summed E-state index contributed by atoms with van der Waals surface area (Å²) in [6, 6.07) is 12.3. The molecule has 6 rings (SSSR count). The van der Waals surface area contributed by atoms with Gasteiger partial charge in [0.1, 0.15) is 30.0 Å². The van der Waals surface area contributed by atoms with Crippen LogP contribution >= 0.6 is 11.3 Å². The summed E-state index contributed by atoms with van der Waals surface area (Å²) in [4.78, 5) is 60.3. The lowest BCUT2D eigenvalue weighted by Crippen LogP contribution is -2.55. The van der Waals surface area contributed by atoms with Crippen molar-refractivity contribution in [1.82, 2.24) is 25.8 Å². The number of amides is 3. The summed E-state index contributed by atoms with van der Waals surface area (Å²) in [6.07, 6.45) is 3.84. The highest BCUT2D eigenvalue weighted by Crippen LogP contribution is 2.39. The van der Waals surface area contributed by atoms with Crippen LogP contribution in [0.4, 0.5) is 5.69 Å². The van der Waals surface area contributed by atoms with Crippen LogP contribution in [0.5, 0.6) is 0 Å². The number of rotatable bonds is 11. The molecule has 4 aromatic rings. The lowest BCUT2D eigenvalue weighted by atomic mass is 9.85. The Kier molecular flexibility index (Phi) is 8.56. The third-order valence-electron chi connectivity index (χ3n) is 8.98. The molecule has 44 heavy (non-hydrogen) atoms. The molecule has 4 atom stereocenters. The first-order valence-electron chi connectivity index (χ1n) is 15.2. The van der Waals surface area contributed by atoms with Crippen LogP contribution < -0.4 is 15.5 Å². The number of benzene rings is 2. The maximum Gasteiger partial charge on any atom is 0.250 e. The third kappa shape index (κ3) is 5.88. The number of aromatic nitrogens is 3. The van der Waals surface area contributed by atoms with Crippen LogP contribution in [0.1, 0.15) is 55.6 Å². The van der Waals surface area contributed by atoms with Crippen LogP contribution in [0.3, 0.4) is 0 Å². The summed E-state index contributed by atoms with van der Waals surface area (Å²) in [5.41, 5.74) is 3.67. The lowest BCUT2D eigenvalue weighted by Gasteiger charge is -2.29.